The zero-order valence-corrected chi connectivity index (χ0v) is 19.6. The smallest absolute Gasteiger partial charge is 0.315 e. The number of nitrogens with zero attached hydrogens (tertiary/aromatic N) is 2. The highest BCUT2D eigenvalue weighted by atomic mass is 16.2. The van der Waals surface area contributed by atoms with Gasteiger partial charge in [-0.05, 0) is 54.8 Å². The van der Waals surface area contributed by atoms with Crippen molar-refractivity contribution < 1.29 is 4.79 Å². The lowest BCUT2D eigenvalue weighted by molar-refractivity contribution is 0.219. The number of anilines is 1. The van der Waals surface area contributed by atoms with Gasteiger partial charge in [-0.1, -0.05) is 72.8 Å². The number of benzene rings is 3. The van der Waals surface area contributed by atoms with E-state index in [0.29, 0.717) is 6.54 Å². The van der Waals surface area contributed by atoms with Crippen molar-refractivity contribution in [3.05, 3.63) is 102 Å². The van der Waals surface area contributed by atoms with Gasteiger partial charge in [-0.2, -0.15) is 0 Å². The highest BCUT2D eigenvalue weighted by Gasteiger charge is 2.25. The molecule has 0 aromatic heterocycles. The first-order chi connectivity index (χ1) is 16.1. The van der Waals surface area contributed by atoms with Crippen molar-refractivity contribution in [2.24, 2.45) is 0 Å². The summed E-state index contributed by atoms with van der Waals surface area (Å²) < 4.78 is 0. The van der Waals surface area contributed by atoms with Crippen LogP contribution in [0.5, 0.6) is 0 Å². The third kappa shape index (κ3) is 5.93. The molecule has 0 saturated carbocycles. The van der Waals surface area contributed by atoms with Crippen LogP contribution in [-0.2, 0) is 0 Å². The Kier molecular flexibility index (Phi) is 7.63. The van der Waals surface area contributed by atoms with Crippen molar-refractivity contribution in [3.63, 3.8) is 0 Å². The average molecular weight is 443 g/mol. The Morgan fingerprint density at radius 3 is 1.88 bits per heavy atom. The van der Waals surface area contributed by atoms with Gasteiger partial charge in [-0.25, -0.2) is 4.79 Å². The van der Waals surface area contributed by atoms with Crippen molar-refractivity contribution in [3.8, 4) is 0 Å². The van der Waals surface area contributed by atoms with Crippen LogP contribution in [0.2, 0.25) is 0 Å². The van der Waals surface area contributed by atoms with Gasteiger partial charge in [-0.3, -0.25) is 4.90 Å². The van der Waals surface area contributed by atoms with E-state index in [-0.39, 0.29) is 18.1 Å². The minimum atomic E-state index is -0.197. The van der Waals surface area contributed by atoms with Crippen molar-refractivity contribution in [1.29, 1.82) is 0 Å². The van der Waals surface area contributed by atoms with Gasteiger partial charge in [0.15, 0.2) is 0 Å². The van der Waals surface area contributed by atoms with Crippen molar-refractivity contribution in [2.75, 3.05) is 38.6 Å². The van der Waals surface area contributed by atoms with Gasteiger partial charge in [0.25, 0.3) is 0 Å². The molecule has 4 rings (SSSR count). The van der Waals surface area contributed by atoms with E-state index >= 15 is 0 Å². The molecule has 3 aromatic rings. The minimum absolute atomic E-state index is 0.151. The number of carbonyl (C=O) groups is 1. The number of urea groups is 1. The lowest BCUT2D eigenvalue weighted by Gasteiger charge is -2.29. The summed E-state index contributed by atoms with van der Waals surface area (Å²) >= 11 is 0. The number of hydrogen-bond acceptors (Lipinski definition) is 3. The Morgan fingerprint density at radius 2 is 1.36 bits per heavy atom. The number of hydrogen-bond donors (Lipinski definition) is 2. The Hall–Kier alpha value is -3.31. The number of amides is 2. The molecule has 5 nitrogen and oxygen atoms in total. The van der Waals surface area contributed by atoms with Gasteiger partial charge in [0.2, 0.25) is 0 Å². The minimum Gasteiger partial charge on any atom is -0.378 e. The van der Waals surface area contributed by atoms with E-state index in [9.17, 15) is 4.79 Å². The third-order valence-electron chi connectivity index (χ3n) is 6.37. The molecule has 0 spiro atoms. The summed E-state index contributed by atoms with van der Waals surface area (Å²) in [5.74, 6) is 0. The van der Waals surface area contributed by atoms with Crippen LogP contribution in [0.3, 0.4) is 0 Å². The molecule has 1 fully saturated rings. The van der Waals surface area contributed by atoms with Crippen LogP contribution in [0, 0.1) is 0 Å². The molecular weight excluding hydrogens is 408 g/mol. The Morgan fingerprint density at radius 1 is 0.818 bits per heavy atom. The normalized spacial score (nSPS) is 14.8. The predicted octanol–water partition coefficient (Wildman–Crippen LogP) is 4.98. The van der Waals surface area contributed by atoms with E-state index in [1.165, 1.54) is 24.1 Å². The molecule has 2 amide bonds. The van der Waals surface area contributed by atoms with E-state index in [1.54, 1.807) is 0 Å². The van der Waals surface area contributed by atoms with Crippen molar-refractivity contribution in [2.45, 2.75) is 24.9 Å². The number of likely N-dealkylation sites (tertiary alicyclic amines) is 1. The van der Waals surface area contributed by atoms with Crippen LogP contribution in [0.4, 0.5) is 10.5 Å². The van der Waals surface area contributed by atoms with Gasteiger partial charge in [0, 0.05) is 26.3 Å². The number of nitrogens with one attached hydrogen (secondary N) is 2. The molecule has 33 heavy (non-hydrogen) atoms. The zero-order chi connectivity index (χ0) is 23.0. The van der Waals surface area contributed by atoms with E-state index in [2.05, 4.69) is 83.1 Å². The molecule has 1 unspecified atom stereocenters. The van der Waals surface area contributed by atoms with Crippen LogP contribution in [-0.4, -0.2) is 44.7 Å². The molecular formula is C28H34N4O. The van der Waals surface area contributed by atoms with E-state index in [1.807, 2.05) is 36.4 Å². The Labute approximate surface area is 197 Å². The topological polar surface area (TPSA) is 47.6 Å². The summed E-state index contributed by atoms with van der Waals surface area (Å²) in [4.78, 5) is 17.6. The lowest BCUT2D eigenvalue weighted by atomic mass is 9.99. The van der Waals surface area contributed by atoms with Gasteiger partial charge in [0.1, 0.15) is 0 Å². The van der Waals surface area contributed by atoms with Gasteiger partial charge >= 0.3 is 6.03 Å². The molecule has 0 bridgehead atoms. The first-order valence-electron chi connectivity index (χ1n) is 11.8. The number of rotatable bonds is 8. The number of carbonyl (C=O) groups excluding carboxylic acids is 1. The highest BCUT2D eigenvalue weighted by molar-refractivity contribution is 5.75. The summed E-state index contributed by atoms with van der Waals surface area (Å²) in [5.41, 5.74) is 4.55. The van der Waals surface area contributed by atoms with E-state index in [0.717, 1.165) is 24.2 Å². The van der Waals surface area contributed by atoms with Crippen LogP contribution in [0.25, 0.3) is 0 Å². The van der Waals surface area contributed by atoms with Crippen LogP contribution in [0.1, 0.15) is 41.6 Å². The lowest BCUT2D eigenvalue weighted by Crippen LogP contribution is -2.43. The highest BCUT2D eigenvalue weighted by Crippen LogP contribution is 2.26. The van der Waals surface area contributed by atoms with Crippen molar-refractivity contribution in [1.82, 2.24) is 15.5 Å². The molecule has 5 heteroatoms. The first-order valence-corrected chi connectivity index (χ1v) is 11.8. The summed E-state index contributed by atoms with van der Waals surface area (Å²) in [6, 6.07) is 28.7. The van der Waals surface area contributed by atoms with Crippen LogP contribution >= 0.6 is 0 Å². The van der Waals surface area contributed by atoms with Gasteiger partial charge in [-0.15, -0.1) is 0 Å². The second-order valence-corrected chi connectivity index (χ2v) is 8.85. The van der Waals surface area contributed by atoms with Gasteiger partial charge in [0.05, 0.1) is 12.1 Å². The van der Waals surface area contributed by atoms with Crippen LogP contribution in [0.15, 0.2) is 84.9 Å². The first kappa shape index (κ1) is 22.9. The van der Waals surface area contributed by atoms with Crippen molar-refractivity contribution >= 4 is 11.7 Å². The Bertz CT molecular complexity index is 960. The van der Waals surface area contributed by atoms with E-state index < -0.39 is 0 Å². The Balaban J connectivity index is 1.47. The second kappa shape index (κ2) is 11.0. The molecule has 172 valence electrons. The molecule has 1 aliphatic rings. The summed E-state index contributed by atoms with van der Waals surface area (Å²) in [6.07, 6.45) is 2.42. The molecule has 1 aliphatic heterocycles. The average Bonchev–Trinajstić information content (AvgIpc) is 3.39. The van der Waals surface area contributed by atoms with Gasteiger partial charge < -0.3 is 15.5 Å². The molecule has 1 heterocycles. The monoisotopic (exact) mass is 442 g/mol. The summed E-state index contributed by atoms with van der Waals surface area (Å²) in [6.45, 7) is 2.71. The maximum absolute atomic E-state index is 13.0. The summed E-state index contributed by atoms with van der Waals surface area (Å²) in [7, 11) is 4.10. The van der Waals surface area contributed by atoms with E-state index in [4.69, 9.17) is 0 Å². The fourth-order valence-corrected chi connectivity index (χ4v) is 4.53. The maximum Gasteiger partial charge on any atom is 0.315 e. The second-order valence-electron chi connectivity index (χ2n) is 8.85. The molecule has 3 aromatic carbocycles. The standard InChI is InChI=1S/C28H34N4O/c1-31(2)25-17-15-22(16-18-25)26(32-19-9-10-20-32)21-29-28(33)30-27(23-11-5-3-6-12-23)24-13-7-4-8-14-24/h3-8,11-18,26-27H,9-10,19-21H2,1-2H3,(H2,29,30,33). The molecule has 2 N–H and O–H groups in total. The summed E-state index contributed by atoms with van der Waals surface area (Å²) in [5, 5.41) is 6.36. The molecule has 1 atom stereocenters. The fraction of sp³-hybridized carbons (Fsp3) is 0.321. The largest absolute Gasteiger partial charge is 0.378 e. The quantitative estimate of drug-likeness (QED) is 0.517. The SMILES string of the molecule is CN(C)c1ccc(C(CNC(=O)NC(c2ccccc2)c2ccccc2)N2CCCC2)cc1. The predicted molar refractivity (Wildman–Crippen MR) is 136 cm³/mol. The molecule has 1 saturated heterocycles. The third-order valence-corrected chi connectivity index (χ3v) is 6.37. The molecule has 0 aliphatic carbocycles. The maximum atomic E-state index is 13.0. The fourth-order valence-electron chi connectivity index (χ4n) is 4.53. The van der Waals surface area contributed by atoms with Crippen LogP contribution < -0.4 is 15.5 Å². The molecule has 0 radical (unpaired) electrons. The zero-order valence-electron chi connectivity index (χ0n) is 19.6.